The van der Waals surface area contributed by atoms with Crippen LogP contribution in [-0.2, 0) is 9.53 Å². The average molecular weight is 236 g/mol. The largest absolute Gasteiger partial charge is 0.381 e. The molecule has 0 saturated carbocycles. The number of aryl methyl sites for hydroxylation is 1. The smallest absolute Gasteiger partial charge is 0.196 e. The van der Waals surface area contributed by atoms with Gasteiger partial charge in [-0.25, -0.2) is 0 Å². The third-order valence-corrected chi connectivity index (χ3v) is 3.84. The lowest BCUT2D eigenvalue weighted by atomic mass is 10.0. The number of thioether (sulfide) groups is 1. The topological polar surface area (TPSA) is 26.3 Å². The van der Waals surface area contributed by atoms with Gasteiger partial charge in [0.25, 0.3) is 0 Å². The van der Waals surface area contributed by atoms with Gasteiger partial charge in [0.15, 0.2) is 5.12 Å². The molecule has 0 spiro atoms. The second-order valence-electron chi connectivity index (χ2n) is 4.12. The van der Waals surface area contributed by atoms with Crippen LogP contribution in [0.4, 0.5) is 0 Å². The standard InChI is InChI=1S/C13H16O2S/c1-10-2-4-12(5-3-10)16-13(14)11-6-8-15-9-7-11/h2-5,11H,6-9H2,1H3. The lowest BCUT2D eigenvalue weighted by Gasteiger charge is -2.20. The fourth-order valence-electron chi connectivity index (χ4n) is 1.74. The Balaban J connectivity index is 1.93. The van der Waals surface area contributed by atoms with Crippen molar-refractivity contribution in [2.45, 2.75) is 24.7 Å². The van der Waals surface area contributed by atoms with Crippen LogP contribution in [-0.4, -0.2) is 18.3 Å². The minimum absolute atomic E-state index is 0.181. The van der Waals surface area contributed by atoms with Crippen molar-refractivity contribution in [1.82, 2.24) is 0 Å². The van der Waals surface area contributed by atoms with E-state index in [2.05, 4.69) is 6.92 Å². The number of rotatable bonds is 2. The molecular formula is C13H16O2S. The monoisotopic (exact) mass is 236 g/mol. The maximum atomic E-state index is 12.0. The molecule has 0 aliphatic carbocycles. The Bertz CT molecular complexity index is 353. The summed E-state index contributed by atoms with van der Waals surface area (Å²) >= 11 is 1.36. The van der Waals surface area contributed by atoms with Crippen LogP contribution in [0.25, 0.3) is 0 Å². The minimum atomic E-state index is 0.181. The van der Waals surface area contributed by atoms with E-state index in [9.17, 15) is 4.79 Å². The van der Waals surface area contributed by atoms with E-state index in [1.807, 2.05) is 24.3 Å². The van der Waals surface area contributed by atoms with Crippen molar-refractivity contribution in [2.75, 3.05) is 13.2 Å². The Labute approximate surface area is 100 Å². The number of hydrogen-bond acceptors (Lipinski definition) is 3. The Hall–Kier alpha value is -0.800. The third kappa shape index (κ3) is 3.09. The molecule has 1 aromatic carbocycles. The molecule has 1 fully saturated rings. The molecule has 3 heteroatoms. The number of carbonyl (C=O) groups is 1. The third-order valence-electron chi connectivity index (χ3n) is 2.79. The van der Waals surface area contributed by atoms with Gasteiger partial charge in [-0.15, -0.1) is 0 Å². The summed E-state index contributed by atoms with van der Waals surface area (Å²) in [4.78, 5) is 13.0. The summed E-state index contributed by atoms with van der Waals surface area (Å²) in [5.74, 6) is 0.181. The molecule has 0 unspecified atom stereocenters. The van der Waals surface area contributed by atoms with Crippen molar-refractivity contribution in [3.63, 3.8) is 0 Å². The lowest BCUT2D eigenvalue weighted by molar-refractivity contribution is -0.117. The highest BCUT2D eigenvalue weighted by molar-refractivity contribution is 8.13. The van der Waals surface area contributed by atoms with E-state index in [1.165, 1.54) is 17.3 Å². The zero-order chi connectivity index (χ0) is 11.4. The highest BCUT2D eigenvalue weighted by Gasteiger charge is 2.22. The van der Waals surface area contributed by atoms with E-state index < -0.39 is 0 Å². The van der Waals surface area contributed by atoms with Crippen LogP contribution in [0.5, 0.6) is 0 Å². The van der Waals surface area contributed by atoms with E-state index in [1.54, 1.807) is 0 Å². The molecule has 1 aliphatic heterocycles. The Kier molecular flexibility index (Phi) is 4.02. The first kappa shape index (κ1) is 11.7. The van der Waals surface area contributed by atoms with Crippen molar-refractivity contribution < 1.29 is 9.53 Å². The molecule has 1 heterocycles. The highest BCUT2D eigenvalue weighted by atomic mass is 32.2. The van der Waals surface area contributed by atoms with Crippen molar-refractivity contribution >= 4 is 16.9 Å². The van der Waals surface area contributed by atoms with Gasteiger partial charge in [0, 0.05) is 24.0 Å². The van der Waals surface area contributed by atoms with Gasteiger partial charge in [0.05, 0.1) is 0 Å². The molecule has 0 bridgehead atoms. The van der Waals surface area contributed by atoms with Crippen LogP contribution in [0.3, 0.4) is 0 Å². The van der Waals surface area contributed by atoms with Crippen LogP contribution in [0, 0.1) is 12.8 Å². The predicted octanol–water partition coefficient (Wildman–Crippen LogP) is 3.04. The lowest BCUT2D eigenvalue weighted by Crippen LogP contribution is -2.21. The Morgan fingerprint density at radius 3 is 2.50 bits per heavy atom. The number of benzene rings is 1. The van der Waals surface area contributed by atoms with Gasteiger partial charge < -0.3 is 4.74 Å². The van der Waals surface area contributed by atoms with Gasteiger partial charge in [-0.3, -0.25) is 4.79 Å². The van der Waals surface area contributed by atoms with E-state index in [4.69, 9.17) is 4.74 Å². The summed E-state index contributed by atoms with van der Waals surface area (Å²) in [6.07, 6.45) is 1.75. The minimum Gasteiger partial charge on any atom is -0.381 e. The fourth-order valence-corrected chi connectivity index (χ4v) is 2.65. The molecule has 0 radical (unpaired) electrons. The average Bonchev–Trinajstić information content (AvgIpc) is 2.33. The molecular weight excluding hydrogens is 220 g/mol. The molecule has 0 amide bonds. The fraction of sp³-hybridized carbons (Fsp3) is 0.462. The zero-order valence-corrected chi connectivity index (χ0v) is 10.3. The summed E-state index contributed by atoms with van der Waals surface area (Å²) in [5.41, 5.74) is 1.22. The SMILES string of the molecule is Cc1ccc(SC(=O)C2CCOCC2)cc1. The summed E-state index contributed by atoms with van der Waals surface area (Å²) in [7, 11) is 0. The van der Waals surface area contributed by atoms with Crippen molar-refractivity contribution in [2.24, 2.45) is 5.92 Å². The second-order valence-corrected chi connectivity index (χ2v) is 5.20. The molecule has 0 N–H and O–H groups in total. The Morgan fingerprint density at radius 2 is 1.88 bits per heavy atom. The molecule has 16 heavy (non-hydrogen) atoms. The first-order chi connectivity index (χ1) is 7.75. The summed E-state index contributed by atoms with van der Waals surface area (Å²) < 4.78 is 5.25. The second kappa shape index (κ2) is 5.51. The zero-order valence-electron chi connectivity index (χ0n) is 9.44. The molecule has 0 aromatic heterocycles. The van der Waals surface area contributed by atoms with Crippen LogP contribution in [0.15, 0.2) is 29.2 Å². The molecule has 2 nitrogen and oxygen atoms in total. The highest BCUT2D eigenvalue weighted by Crippen LogP contribution is 2.27. The van der Waals surface area contributed by atoms with E-state index in [0.717, 1.165) is 31.0 Å². The van der Waals surface area contributed by atoms with Gasteiger partial charge in [-0.05, 0) is 31.9 Å². The number of hydrogen-bond donors (Lipinski definition) is 0. The molecule has 86 valence electrons. The van der Waals surface area contributed by atoms with Gasteiger partial charge in [-0.2, -0.15) is 0 Å². The quantitative estimate of drug-likeness (QED) is 0.738. The molecule has 0 atom stereocenters. The predicted molar refractivity (Wildman–Crippen MR) is 65.6 cm³/mol. The maximum Gasteiger partial charge on any atom is 0.196 e. The normalized spacial score (nSPS) is 17.3. The van der Waals surface area contributed by atoms with Crippen LogP contribution in [0.2, 0.25) is 0 Å². The van der Waals surface area contributed by atoms with Crippen molar-refractivity contribution in [3.8, 4) is 0 Å². The van der Waals surface area contributed by atoms with E-state index in [-0.39, 0.29) is 11.0 Å². The van der Waals surface area contributed by atoms with Crippen LogP contribution >= 0.6 is 11.8 Å². The van der Waals surface area contributed by atoms with E-state index >= 15 is 0 Å². The molecule has 1 saturated heterocycles. The van der Waals surface area contributed by atoms with Crippen molar-refractivity contribution in [1.29, 1.82) is 0 Å². The number of ether oxygens (including phenoxy) is 1. The van der Waals surface area contributed by atoms with Gasteiger partial charge in [0.1, 0.15) is 0 Å². The van der Waals surface area contributed by atoms with E-state index in [0.29, 0.717) is 0 Å². The van der Waals surface area contributed by atoms with Gasteiger partial charge in [0.2, 0.25) is 0 Å². The van der Waals surface area contributed by atoms with Crippen LogP contribution < -0.4 is 0 Å². The van der Waals surface area contributed by atoms with Crippen LogP contribution in [0.1, 0.15) is 18.4 Å². The Morgan fingerprint density at radius 1 is 1.25 bits per heavy atom. The molecule has 1 aromatic rings. The molecule has 2 rings (SSSR count). The summed E-state index contributed by atoms with van der Waals surface area (Å²) in [6.45, 7) is 3.50. The first-order valence-corrected chi connectivity index (χ1v) is 6.43. The number of carbonyl (C=O) groups excluding carboxylic acids is 1. The maximum absolute atomic E-state index is 12.0. The summed E-state index contributed by atoms with van der Waals surface area (Å²) in [5, 5.41) is 0.284. The first-order valence-electron chi connectivity index (χ1n) is 5.62. The van der Waals surface area contributed by atoms with Crippen molar-refractivity contribution in [3.05, 3.63) is 29.8 Å². The van der Waals surface area contributed by atoms with Gasteiger partial charge >= 0.3 is 0 Å². The summed E-state index contributed by atoms with van der Waals surface area (Å²) in [6, 6.07) is 8.10. The van der Waals surface area contributed by atoms with Gasteiger partial charge in [-0.1, -0.05) is 29.5 Å². The molecule has 1 aliphatic rings.